The molecule has 2 aliphatic rings. The predicted octanol–water partition coefficient (Wildman–Crippen LogP) is 13.6. The van der Waals surface area contributed by atoms with E-state index < -0.39 is 0 Å². The van der Waals surface area contributed by atoms with E-state index in [1.165, 1.54) is 100 Å². The zero-order valence-corrected chi connectivity index (χ0v) is 29.5. The van der Waals surface area contributed by atoms with Gasteiger partial charge in [0.25, 0.3) is 0 Å². The minimum atomic E-state index is 0.0658. The molecule has 0 saturated heterocycles. The molecule has 0 spiro atoms. The van der Waals surface area contributed by atoms with Crippen molar-refractivity contribution < 1.29 is 0 Å². The van der Waals surface area contributed by atoms with Gasteiger partial charge >= 0.3 is 0 Å². The van der Waals surface area contributed by atoms with Crippen molar-refractivity contribution in [3.05, 3.63) is 226 Å². The molecule has 0 heteroatoms. The number of rotatable bonds is 5. The van der Waals surface area contributed by atoms with Crippen LogP contribution in [-0.2, 0) is 0 Å². The summed E-state index contributed by atoms with van der Waals surface area (Å²) in [6.45, 7) is 4.69. The molecule has 0 aromatic heterocycles. The first-order valence-corrected chi connectivity index (χ1v) is 18.4. The van der Waals surface area contributed by atoms with Crippen LogP contribution >= 0.6 is 0 Å². The van der Waals surface area contributed by atoms with Crippen LogP contribution in [0.2, 0.25) is 0 Å². The SMILES string of the molecule is Cc1c(-c2ccccc2)c(C)c(-c2ccccc2)c(C2c3ccccc3-c3cc(C4c5ccccc5-c5ccccc54)ccc32)c1-c1ccccc1. The van der Waals surface area contributed by atoms with E-state index in [9.17, 15) is 0 Å². The van der Waals surface area contributed by atoms with Gasteiger partial charge in [0.2, 0.25) is 0 Å². The molecule has 0 N–H and O–H groups in total. The molecule has 0 fully saturated rings. The minimum Gasteiger partial charge on any atom is -0.0622 e. The summed E-state index contributed by atoms with van der Waals surface area (Å²) < 4.78 is 0. The highest BCUT2D eigenvalue weighted by Crippen LogP contribution is 2.57. The molecule has 1 unspecified atom stereocenters. The molecule has 8 aromatic rings. The molecule has 246 valence electrons. The Labute approximate surface area is 306 Å². The van der Waals surface area contributed by atoms with E-state index in [4.69, 9.17) is 0 Å². The number of hydrogen-bond acceptors (Lipinski definition) is 0. The number of benzene rings is 8. The van der Waals surface area contributed by atoms with E-state index in [1.807, 2.05) is 0 Å². The van der Waals surface area contributed by atoms with E-state index in [0.29, 0.717) is 0 Å². The van der Waals surface area contributed by atoms with Crippen LogP contribution in [0.15, 0.2) is 182 Å². The molecule has 0 heterocycles. The molecule has 2 aliphatic carbocycles. The molecule has 0 radical (unpaired) electrons. The molecular formula is C52H38. The van der Waals surface area contributed by atoms with Crippen LogP contribution < -0.4 is 0 Å². The summed E-state index contributed by atoms with van der Waals surface area (Å²) in [6, 6.07) is 67.6. The van der Waals surface area contributed by atoms with E-state index in [0.717, 1.165) is 0 Å². The van der Waals surface area contributed by atoms with Gasteiger partial charge in [-0.15, -0.1) is 0 Å². The second-order valence-electron chi connectivity index (χ2n) is 14.4. The van der Waals surface area contributed by atoms with Crippen LogP contribution in [0.3, 0.4) is 0 Å². The van der Waals surface area contributed by atoms with Gasteiger partial charge in [-0.1, -0.05) is 176 Å². The van der Waals surface area contributed by atoms with Gasteiger partial charge in [0.05, 0.1) is 0 Å². The summed E-state index contributed by atoms with van der Waals surface area (Å²) in [6.07, 6.45) is 0. The Morgan fingerprint density at radius 2 is 0.673 bits per heavy atom. The molecule has 0 aliphatic heterocycles. The summed E-state index contributed by atoms with van der Waals surface area (Å²) in [5.74, 6) is 0.273. The van der Waals surface area contributed by atoms with Crippen molar-refractivity contribution in [3.8, 4) is 55.6 Å². The molecule has 0 nitrogen and oxygen atoms in total. The number of fused-ring (bicyclic) bond motifs is 6. The van der Waals surface area contributed by atoms with Crippen molar-refractivity contribution in [1.82, 2.24) is 0 Å². The van der Waals surface area contributed by atoms with Gasteiger partial charge in [-0.3, -0.25) is 0 Å². The molecule has 0 saturated carbocycles. The van der Waals surface area contributed by atoms with Crippen molar-refractivity contribution in [3.63, 3.8) is 0 Å². The fourth-order valence-corrected chi connectivity index (χ4v) is 9.57. The van der Waals surface area contributed by atoms with Crippen LogP contribution in [0.1, 0.15) is 56.3 Å². The Bertz CT molecular complexity index is 2520. The first kappa shape index (κ1) is 30.6. The monoisotopic (exact) mass is 662 g/mol. The second kappa shape index (κ2) is 12.2. The zero-order valence-electron chi connectivity index (χ0n) is 29.5. The van der Waals surface area contributed by atoms with E-state index >= 15 is 0 Å². The Kier molecular flexibility index (Phi) is 7.18. The number of hydrogen-bond donors (Lipinski definition) is 0. The van der Waals surface area contributed by atoms with Crippen molar-refractivity contribution >= 4 is 0 Å². The van der Waals surface area contributed by atoms with Crippen LogP contribution in [0.25, 0.3) is 55.6 Å². The third-order valence-electron chi connectivity index (χ3n) is 11.6. The van der Waals surface area contributed by atoms with Crippen molar-refractivity contribution in [2.24, 2.45) is 0 Å². The highest BCUT2D eigenvalue weighted by Gasteiger charge is 2.37. The zero-order chi connectivity index (χ0) is 34.8. The van der Waals surface area contributed by atoms with E-state index in [1.54, 1.807) is 0 Å². The third kappa shape index (κ3) is 4.61. The van der Waals surface area contributed by atoms with E-state index in [2.05, 4.69) is 196 Å². The fraction of sp³-hybridized carbons (Fsp3) is 0.0769. The van der Waals surface area contributed by atoms with Gasteiger partial charge in [0.15, 0.2) is 0 Å². The lowest BCUT2D eigenvalue weighted by Gasteiger charge is -2.29. The standard InChI is InChI=1S/C52H38/c1-33-47(35-18-6-3-7-19-35)34(2)49(37-22-10-5-11-23-37)52(48(33)36-20-8-4-9-21-36)51-44-29-17-14-26-41(44)46-32-38(30-31-45(46)51)50-42-27-15-12-24-39(42)40-25-13-16-28-43(40)50/h3-32,50-51H,1-2H3. The third-order valence-corrected chi connectivity index (χ3v) is 11.6. The van der Waals surface area contributed by atoms with E-state index in [-0.39, 0.29) is 11.8 Å². The van der Waals surface area contributed by atoms with Gasteiger partial charge < -0.3 is 0 Å². The summed E-state index contributed by atoms with van der Waals surface area (Å²) in [5.41, 5.74) is 24.1. The highest BCUT2D eigenvalue weighted by atomic mass is 14.4. The lowest BCUT2D eigenvalue weighted by molar-refractivity contribution is 0.992. The summed E-state index contributed by atoms with van der Waals surface area (Å²) in [7, 11) is 0. The molecule has 10 rings (SSSR count). The largest absolute Gasteiger partial charge is 0.0622 e. The van der Waals surface area contributed by atoms with Crippen molar-refractivity contribution in [2.75, 3.05) is 0 Å². The average Bonchev–Trinajstić information content (AvgIpc) is 3.71. The van der Waals surface area contributed by atoms with Gasteiger partial charge in [0.1, 0.15) is 0 Å². The maximum absolute atomic E-state index is 2.51. The Hall–Kier alpha value is -6.24. The van der Waals surface area contributed by atoms with Crippen LogP contribution in [0.4, 0.5) is 0 Å². The highest BCUT2D eigenvalue weighted by molar-refractivity contribution is 5.95. The molecular weight excluding hydrogens is 625 g/mol. The Morgan fingerprint density at radius 3 is 1.15 bits per heavy atom. The fourth-order valence-electron chi connectivity index (χ4n) is 9.57. The van der Waals surface area contributed by atoms with Gasteiger partial charge in [-0.2, -0.15) is 0 Å². The van der Waals surface area contributed by atoms with Crippen LogP contribution in [0.5, 0.6) is 0 Å². The lowest BCUT2D eigenvalue weighted by atomic mass is 9.74. The summed E-state index contributed by atoms with van der Waals surface area (Å²) >= 11 is 0. The molecule has 52 heavy (non-hydrogen) atoms. The predicted molar refractivity (Wildman–Crippen MR) is 218 cm³/mol. The maximum Gasteiger partial charge on any atom is 0.0364 e. The Morgan fingerprint density at radius 1 is 0.308 bits per heavy atom. The normalized spacial score (nSPS) is 14.1. The first-order chi connectivity index (χ1) is 25.7. The lowest BCUT2D eigenvalue weighted by Crippen LogP contribution is -2.09. The Balaban J connectivity index is 1.27. The second-order valence-corrected chi connectivity index (χ2v) is 14.4. The van der Waals surface area contributed by atoms with Gasteiger partial charge in [-0.25, -0.2) is 0 Å². The molecule has 0 amide bonds. The summed E-state index contributed by atoms with van der Waals surface area (Å²) in [5, 5.41) is 0. The summed E-state index contributed by atoms with van der Waals surface area (Å²) in [4.78, 5) is 0. The smallest absolute Gasteiger partial charge is 0.0364 e. The maximum atomic E-state index is 2.51. The first-order valence-electron chi connectivity index (χ1n) is 18.4. The van der Waals surface area contributed by atoms with Crippen LogP contribution in [0, 0.1) is 13.8 Å². The molecule has 1 atom stereocenters. The minimum absolute atomic E-state index is 0.0658. The molecule has 8 aromatic carbocycles. The van der Waals surface area contributed by atoms with Gasteiger partial charge in [0, 0.05) is 11.8 Å². The molecule has 0 bridgehead atoms. The average molecular weight is 663 g/mol. The van der Waals surface area contributed by atoms with Crippen molar-refractivity contribution in [2.45, 2.75) is 25.7 Å². The van der Waals surface area contributed by atoms with Crippen molar-refractivity contribution in [1.29, 1.82) is 0 Å². The van der Waals surface area contributed by atoms with Crippen LogP contribution in [-0.4, -0.2) is 0 Å². The van der Waals surface area contributed by atoms with Gasteiger partial charge in [-0.05, 0) is 120 Å². The topological polar surface area (TPSA) is 0 Å². The quantitative estimate of drug-likeness (QED) is 0.172.